The lowest BCUT2D eigenvalue weighted by Crippen LogP contribution is -2.39. The van der Waals surface area contributed by atoms with Crippen LogP contribution in [-0.2, 0) is 0 Å². The second-order valence-corrected chi connectivity index (χ2v) is 6.16. The van der Waals surface area contributed by atoms with Crippen LogP contribution in [0.15, 0.2) is 24.3 Å². The van der Waals surface area contributed by atoms with E-state index in [-0.39, 0.29) is 0 Å². The summed E-state index contributed by atoms with van der Waals surface area (Å²) in [4.78, 5) is 14.7. The molecule has 0 saturated heterocycles. The van der Waals surface area contributed by atoms with Crippen molar-refractivity contribution in [2.45, 2.75) is 51.5 Å². The number of Topliss-reactive ketones (excluding diaryl/α,β-unsaturated/α-hetero) is 1. The number of anilines is 1. The Hall–Kier alpha value is -1.31. The lowest BCUT2D eigenvalue weighted by molar-refractivity contribution is 0.0984. The number of carbonyl (C=O) groups excluding carboxylic acids is 1. The van der Waals surface area contributed by atoms with E-state index in [0.717, 1.165) is 24.4 Å². The summed E-state index contributed by atoms with van der Waals surface area (Å²) < 4.78 is 0. The van der Waals surface area contributed by atoms with Gasteiger partial charge in [0.2, 0.25) is 0 Å². The highest BCUT2D eigenvalue weighted by molar-refractivity contribution is 6.02. The van der Waals surface area contributed by atoms with Crippen molar-refractivity contribution >= 4 is 11.5 Å². The minimum Gasteiger partial charge on any atom is -0.368 e. The molecule has 0 amide bonds. The monoisotopic (exact) mass is 257 g/mol. The molecule has 1 heterocycles. The first kappa shape index (κ1) is 12.7. The number of hydrogen-bond acceptors (Lipinski definition) is 2. The fraction of sp³-hybridized carbons (Fsp3) is 0.588. The average Bonchev–Trinajstić information content (AvgIpc) is 2.59. The largest absolute Gasteiger partial charge is 0.368 e. The van der Waals surface area contributed by atoms with Crippen molar-refractivity contribution in [3.05, 3.63) is 29.8 Å². The zero-order valence-corrected chi connectivity index (χ0v) is 11.8. The minimum atomic E-state index is 0.321. The Labute approximate surface area is 115 Å². The van der Waals surface area contributed by atoms with Crippen molar-refractivity contribution in [3.8, 4) is 0 Å². The van der Waals surface area contributed by atoms with Crippen molar-refractivity contribution in [3.63, 3.8) is 0 Å². The molecule has 3 rings (SSSR count). The fourth-order valence-electron chi connectivity index (χ4n) is 3.69. The number of ketones is 1. The van der Waals surface area contributed by atoms with Gasteiger partial charge >= 0.3 is 0 Å². The molecule has 1 fully saturated rings. The lowest BCUT2D eigenvalue weighted by Gasteiger charge is -2.38. The summed E-state index contributed by atoms with van der Waals surface area (Å²) >= 11 is 0. The van der Waals surface area contributed by atoms with E-state index in [1.54, 1.807) is 0 Å². The zero-order chi connectivity index (χ0) is 13.2. The van der Waals surface area contributed by atoms with Crippen LogP contribution in [-0.4, -0.2) is 18.4 Å². The predicted octanol–water partition coefficient (Wildman–Crippen LogP) is 4.05. The molecule has 2 heteroatoms. The summed E-state index contributed by atoms with van der Waals surface area (Å²) in [6, 6.07) is 8.83. The smallest absolute Gasteiger partial charge is 0.165 e. The molecule has 0 N–H and O–H groups in total. The van der Waals surface area contributed by atoms with Gasteiger partial charge in [0, 0.05) is 30.3 Å². The van der Waals surface area contributed by atoms with Gasteiger partial charge in [-0.1, -0.05) is 31.9 Å². The summed E-state index contributed by atoms with van der Waals surface area (Å²) in [5.41, 5.74) is 2.13. The van der Waals surface area contributed by atoms with Crippen LogP contribution in [0, 0.1) is 5.92 Å². The third-order valence-corrected chi connectivity index (χ3v) is 4.67. The molecule has 0 aromatic heterocycles. The summed E-state index contributed by atoms with van der Waals surface area (Å²) in [5.74, 6) is 1.15. The number of nitrogens with zero attached hydrogens (tertiary/aromatic N) is 1. The average molecular weight is 257 g/mol. The molecule has 0 spiro atoms. The Morgan fingerprint density at radius 2 is 2.00 bits per heavy atom. The number of hydrogen-bond donors (Lipinski definition) is 0. The van der Waals surface area contributed by atoms with Crippen molar-refractivity contribution < 1.29 is 4.79 Å². The number of rotatable bonds is 1. The zero-order valence-electron chi connectivity index (χ0n) is 11.8. The van der Waals surface area contributed by atoms with Gasteiger partial charge in [-0.3, -0.25) is 4.79 Å². The molecule has 102 valence electrons. The fourth-order valence-corrected chi connectivity index (χ4v) is 3.69. The van der Waals surface area contributed by atoms with Crippen LogP contribution in [0.4, 0.5) is 5.69 Å². The van der Waals surface area contributed by atoms with Gasteiger partial charge in [0.1, 0.15) is 0 Å². The molecule has 2 atom stereocenters. The molecule has 2 unspecified atom stereocenters. The highest BCUT2D eigenvalue weighted by atomic mass is 16.1. The second-order valence-electron chi connectivity index (χ2n) is 6.16. The van der Waals surface area contributed by atoms with Crippen LogP contribution in [0.5, 0.6) is 0 Å². The Morgan fingerprint density at radius 1 is 1.16 bits per heavy atom. The van der Waals surface area contributed by atoms with Gasteiger partial charge in [-0.05, 0) is 37.3 Å². The number of benzene rings is 1. The number of carbonyl (C=O) groups is 1. The van der Waals surface area contributed by atoms with E-state index in [4.69, 9.17) is 0 Å². The first-order valence-electron chi connectivity index (χ1n) is 7.64. The predicted molar refractivity (Wildman–Crippen MR) is 78.8 cm³/mol. The molecule has 1 aromatic rings. The summed E-state index contributed by atoms with van der Waals surface area (Å²) in [6.45, 7) is 3.40. The van der Waals surface area contributed by atoms with Crippen LogP contribution in [0.3, 0.4) is 0 Å². The molecular formula is C17H23NO. The Balaban J connectivity index is 1.92. The Kier molecular flexibility index (Phi) is 3.58. The van der Waals surface area contributed by atoms with E-state index in [1.807, 2.05) is 12.1 Å². The van der Waals surface area contributed by atoms with Crippen molar-refractivity contribution in [1.82, 2.24) is 0 Å². The van der Waals surface area contributed by atoms with E-state index in [2.05, 4.69) is 24.0 Å². The summed E-state index contributed by atoms with van der Waals surface area (Å²) in [5, 5.41) is 0. The third kappa shape index (κ3) is 2.54. The molecule has 0 bridgehead atoms. The van der Waals surface area contributed by atoms with E-state index < -0.39 is 0 Å². The molecule has 1 saturated carbocycles. The molecule has 0 radical (unpaired) electrons. The summed E-state index contributed by atoms with van der Waals surface area (Å²) in [7, 11) is 0. The van der Waals surface area contributed by atoms with Gasteiger partial charge in [-0.2, -0.15) is 0 Å². The third-order valence-electron chi connectivity index (χ3n) is 4.67. The van der Waals surface area contributed by atoms with Gasteiger partial charge in [-0.25, -0.2) is 0 Å². The van der Waals surface area contributed by atoms with Crippen molar-refractivity contribution in [1.29, 1.82) is 0 Å². The van der Waals surface area contributed by atoms with E-state index in [0.29, 0.717) is 18.2 Å². The summed E-state index contributed by atoms with van der Waals surface area (Å²) in [6.07, 6.45) is 6.97. The first-order valence-corrected chi connectivity index (χ1v) is 7.64. The van der Waals surface area contributed by atoms with Gasteiger partial charge in [0.25, 0.3) is 0 Å². The van der Waals surface area contributed by atoms with E-state index in [9.17, 15) is 4.79 Å². The Bertz CT molecular complexity index is 468. The highest BCUT2D eigenvalue weighted by Gasteiger charge is 2.28. The second kappa shape index (κ2) is 5.36. The SMILES string of the molecule is CC1CCCC(N2CCCC(=O)c3ccccc32)C1. The van der Waals surface area contributed by atoms with Gasteiger partial charge in [-0.15, -0.1) is 0 Å². The van der Waals surface area contributed by atoms with Gasteiger partial charge < -0.3 is 4.90 Å². The van der Waals surface area contributed by atoms with E-state index in [1.165, 1.54) is 31.4 Å². The molecule has 2 aliphatic rings. The molecular weight excluding hydrogens is 234 g/mol. The van der Waals surface area contributed by atoms with Crippen LogP contribution in [0.25, 0.3) is 0 Å². The normalized spacial score (nSPS) is 27.8. The molecule has 1 aliphatic heterocycles. The van der Waals surface area contributed by atoms with Crippen molar-refractivity contribution in [2.75, 3.05) is 11.4 Å². The van der Waals surface area contributed by atoms with Crippen molar-refractivity contribution in [2.24, 2.45) is 5.92 Å². The Morgan fingerprint density at radius 3 is 2.84 bits per heavy atom. The maximum absolute atomic E-state index is 12.2. The standard InChI is InChI=1S/C17H23NO/c1-13-6-4-7-14(12-13)18-11-5-10-17(19)15-8-2-3-9-16(15)18/h2-3,8-9,13-14H,4-7,10-12H2,1H3. The number of para-hydroxylation sites is 1. The number of fused-ring (bicyclic) bond motifs is 1. The van der Waals surface area contributed by atoms with E-state index >= 15 is 0 Å². The van der Waals surface area contributed by atoms with Gasteiger partial charge in [0.05, 0.1) is 0 Å². The molecule has 19 heavy (non-hydrogen) atoms. The van der Waals surface area contributed by atoms with Crippen LogP contribution in [0.1, 0.15) is 55.8 Å². The molecule has 1 aromatic carbocycles. The minimum absolute atomic E-state index is 0.321. The van der Waals surface area contributed by atoms with Gasteiger partial charge in [0.15, 0.2) is 5.78 Å². The topological polar surface area (TPSA) is 20.3 Å². The molecule has 2 nitrogen and oxygen atoms in total. The molecule has 1 aliphatic carbocycles. The highest BCUT2D eigenvalue weighted by Crippen LogP contribution is 2.34. The first-order chi connectivity index (χ1) is 9.25. The van der Waals surface area contributed by atoms with Crippen LogP contribution in [0.2, 0.25) is 0 Å². The lowest BCUT2D eigenvalue weighted by atomic mass is 9.86. The van der Waals surface area contributed by atoms with Crippen LogP contribution >= 0.6 is 0 Å². The quantitative estimate of drug-likeness (QED) is 0.756. The van der Waals surface area contributed by atoms with Crippen LogP contribution < -0.4 is 4.90 Å². The maximum Gasteiger partial charge on any atom is 0.165 e. The maximum atomic E-state index is 12.2.